The number of para-hydroxylation sites is 4. The minimum Gasteiger partial charge on any atom is -0.412 e. The summed E-state index contributed by atoms with van der Waals surface area (Å²) in [4.78, 5) is 35.1. The van der Waals surface area contributed by atoms with E-state index in [2.05, 4.69) is 77.8 Å². The summed E-state index contributed by atoms with van der Waals surface area (Å²) in [5.74, 6) is 2.52. The molecule has 2 aliphatic rings. The van der Waals surface area contributed by atoms with Crippen molar-refractivity contribution in [2.24, 2.45) is 10.2 Å². The SMILES string of the molecule is CC1=NN(c2nc(N)nc(Cn3cnc4ccccc43)n2)C(C)(C)C1.CC1=NN(c2nc(N)nc(Cn3cnc4ccccc43)n2)C(C)(C)C1.O. The quantitative estimate of drug-likeness (QED) is 0.255. The maximum absolute atomic E-state index is 5.93. The van der Waals surface area contributed by atoms with Crippen LogP contribution in [-0.2, 0) is 13.1 Å². The number of hydrogen-bond donors (Lipinski definition) is 2. The zero-order chi connectivity index (χ0) is 35.2. The van der Waals surface area contributed by atoms with Gasteiger partial charge in [0, 0.05) is 24.3 Å². The number of nitrogens with two attached hydrogens (primary N) is 2. The first kappa shape index (κ1) is 34.8. The Morgan fingerprint density at radius 1 is 0.588 bits per heavy atom. The highest BCUT2D eigenvalue weighted by Crippen LogP contribution is 2.32. The van der Waals surface area contributed by atoms with E-state index < -0.39 is 0 Å². The highest BCUT2D eigenvalue weighted by molar-refractivity contribution is 5.87. The summed E-state index contributed by atoms with van der Waals surface area (Å²) in [5, 5.41) is 12.8. The van der Waals surface area contributed by atoms with Crippen LogP contribution in [0.25, 0.3) is 22.1 Å². The van der Waals surface area contributed by atoms with Crippen LogP contribution in [0.2, 0.25) is 0 Å². The fraction of sp³-hybridized carbons (Fsp3) is 0.353. The Hall–Kier alpha value is -6.10. The number of nitrogen functional groups attached to an aromatic ring is 2. The molecule has 6 N–H and O–H groups in total. The van der Waals surface area contributed by atoms with Crippen molar-refractivity contribution in [3.8, 4) is 0 Å². The van der Waals surface area contributed by atoms with Crippen molar-refractivity contribution in [3.63, 3.8) is 0 Å². The molecule has 0 bridgehead atoms. The van der Waals surface area contributed by atoms with Crippen LogP contribution in [-0.4, -0.2) is 77.0 Å². The van der Waals surface area contributed by atoms with Gasteiger partial charge in [-0.25, -0.2) is 20.0 Å². The first-order valence-electron chi connectivity index (χ1n) is 16.3. The summed E-state index contributed by atoms with van der Waals surface area (Å²) in [6.07, 6.45) is 5.29. The number of aromatic nitrogens is 10. The Balaban J connectivity index is 0.000000172. The van der Waals surface area contributed by atoms with Crippen LogP contribution in [0, 0.1) is 0 Å². The summed E-state index contributed by atoms with van der Waals surface area (Å²) in [7, 11) is 0. The van der Waals surface area contributed by atoms with Crippen LogP contribution in [0.1, 0.15) is 66.0 Å². The lowest BCUT2D eigenvalue weighted by Gasteiger charge is -2.28. The molecule has 17 nitrogen and oxygen atoms in total. The van der Waals surface area contributed by atoms with Gasteiger partial charge in [-0.3, -0.25) is 0 Å². The molecule has 4 aromatic heterocycles. The zero-order valence-electron chi connectivity index (χ0n) is 29.5. The topological polar surface area (TPSA) is 228 Å². The molecule has 0 atom stereocenters. The second kappa shape index (κ2) is 13.3. The summed E-state index contributed by atoms with van der Waals surface area (Å²) in [6, 6.07) is 15.9. The van der Waals surface area contributed by atoms with Crippen LogP contribution in [0.3, 0.4) is 0 Å². The highest BCUT2D eigenvalue weighted by Gasteiger charge is 2.36. The van der Waals surface area contributed by atoms with Gasteiger partial charge in [-0.2, -0.15) is 40.1 Å². The fourth-order valence-corrected chi connectivity index (χ4v) is 6.47. The van der Waals surface area contributed by atoms with E-state index in [1.165, 1.54) is 0 Å². The summed E-state index contributed by atoms with van der Waals surface area (Å²) in [5.41, 5.74) is 17.5. The van der Waals surface area contributed by atoms with E-state index in [1.807, 2.05) is 81.5 Å². The molecule has 0 unspecified atom stereocenters. The Morgan fingerprint density at radius 3 is 1.35 bits per heavy atom. The van der Waals surface area contributed by atoms with Gasteiger partial charge in [0.2, 0.25) is 11.9 Å². The maximum Gasteiger partial charge on any atom is 0.251 e. The number of hydrogen-bond acceptors (Lipinski definition) is 14. The molecule has 0 aliphatic carbocycles. The van der Waals surface area contributed by atoms with Crippen LogP contribution < -0.4 is 21.5 Å². The summed E-state index contributed by atoms with van der Waals surface area (Å²) < 4.78 is 4.00. The average Bonchev–Trinajstić information content (AvgIpc) is 3.79. The van der Waals surface area contributed by atoms with Crippen molar-refractivity contribution in [3.05, 3.63) is 72.8 Å². The van der Waals surface area contributed by atoms with Gasteiger partial charge in [-0.05, 0) is 65.8 Å². The smallest absolute Gasteiger partial charge is 0.251 e. The van der Waals surface area contributed by atoms with Crippen LogP contribution in [0.15, 0.2) is 71.4 Å². The summed E-state index contributed by atoms with van der Waals surface area (Å²) in [6.45, 7) is 13.4. The lowest BCUT2D eigenvalue weighted by Crippen LogP contribution is -2.38. The molecule has 0 fully saturated rings. The molecule has 0 spiro atoms. The van der Waals surface area contributed by atoms with Gasteiger partial charge in [0.05, 0.1) is 58.9 Å². The van der Waals surface area contributed by atoms with Crippen molar-refractivity contribution < 1.29 is 5.48 Å². The molecule has 8 rings (SSSR count). The van der Waals surface area contributed by atoms with Gasteiger partial charge < -0.3 is 26.1 Å². The van der Waals surface area contributed by atoms with Gasteiger partial charge in [0.1, 0.15) is 0 Å². The molecule has 51 heavy (non-hydrogen) atoms. The molecule has 6 aromatic rings. The lowest BCUT2D eigenvalue weighted by molar-refractivity contribution is 0.503. The zero-order valence-corrected chi connectivity index (χ0v) is 29.5. The molecule has 264 valence electrons. The van der Waals surface area contributed by atoms with Crippen molar-refractivity contribution in [2.45, 2.75) is 78.6 Å². The van der Waals surface area contributed by atoms with E-state index in [0.717, 1.165) is 46.3 Å². The molecule has 6 heterocycles. The standard InChI is InChI=1S/2C17H20N8.H2O/c2*1-11-8-17(2,3)25(23-11)16-21-14(20-15(18)22-16)9-24-10-19-12-6-4-5-7-13(12)24;/h2*4-7,10H,8-9H2,1-3H3,(H2,18,20,21,22);1H2. The lowest BCUT2D eigenvalue weighted by atomic mass is 9.99. The van der Waals surface area contributed by atoms with Gasteiger partial charge >= 0.3 is 0 Å². The van der Waals surface area contributed by atoms with E-state index in [-0.39, 0.29) is 28.5 Å². The number of hydrazone groups is 2. The Kier molecular flexibility index (Phi) is 9.07. The minimum absolute atomic E-state index is 0. The molecule has 0 saturated heterocycles. The molecule has 2 aliphatic heterocycles. The predicted molar refractivity (Wildman–Crippen MR) is 198 cm³/mol. The first-order chi connectivity index (χ1) is 23.8. The number of rotatable bonds is 6. The van der Waals surface area contributed by atoms with Gasteiger partial charge in [0.15, 0.2) is 11.6 Å². The van der Waals surface area contributed by atoms with Crippen LogP contribution in [0.5, 0.6) is 0 Å². The molecule has 2 aromatic carbocycles. The van der Waals surface area contributed by atoms with E-state index in [0.29, 0.717) is 36.6 Å². The van der Waals surface area contributed by atoms with Crippen molar-refractivity contribution in [1.82, 2.24) is 49.0 Å². The van der Waals surface area contributed by atoms with E-state index >= 15 is 0 Å². The van der Waals surface area contributed by atoms with Gasteiger partial charge in [-0.1, -0.05) is 24.3 Å². The first-order valence-corrected chi connectivity index (χ1v) is 16.3. The molecule has 0 saturated carbocycles. The number of imidazole rings is 2. The van der Waals surface area contributed by atoms with Gasteiger partial charge in [-0.15, -0.1) is 0 Å². The second-order valence-electron chi connectivity index (χ2n) is 13.8. The molecular formula is C34H42N16O. The minimum atomic E-state index is -0.184. The third kappa shape index (κ3) is 7.14. The van der Waals surface area contributed by atoms with Crippen LogP contribution >= 0.6 is 0 Å². The van der Waals surface area contributed by atoms with Crippen molar-refractivity contribution >= 4 is 57.3 Å². The highest BCUT2D eigenvalue weighted by atomic mass is 16.0. The predicted octanol–water partition coefficient (Wildman–Crippen LogP) is 3.61. The molecule has 17 heteroatoms. The third-order valence-corrected chi connectivity index (χ3v) is 8.50. The van der Waals surface area contributed by atoms with E-state index in [4.69, 9.17) is 11.5 Å². The number of benzene rings is 2. The molecular weight excluding hydrogens is 648 g/mol. The fourth-order valence-electron chi connectivity index (χ4n) is 6.47. The number of fused-ring (bicyclic) bond motifs is 2. The number of nitrogens with zero attached hydrogens (tertiary/aromatic N) is 14. The Bertz CT molecular complexity index is 2110. The van der Waals surface area contributed by atoms with Crippen LogP contribution in [0.4, 0.5) is 23.8 Å². The third-order valence-electron chi connectivity index (χ3n) is 8.50. The Morgan fingerprint density at radius 2 is 0.980 bits per heavy atom. The largest absolute Gasteiger partial charge is 0.412 e. The number of anilines is 4. The average molecular weight is 691 g/mol. The summed E-state index contributed by atoms with van der Waals surface area (Å²) >= 11 is 0. The molecule has 0 amide bonds. The van der Waals surface area contributed by atoms with Gasteiger partial charge in [0.25, 0.3) is 11.9 Å². The van der Waals surface area contributed by atoms with E-state index in [9.17, 15) is 0 Å². The molecule has 0 radical (unpaired) electrons. The van der Waals surface area contributed by atoms with Crippen molar-refractivity contribution in [1.29, 1.82) is 0 Å². The second-order valence-corrected chi connectivity index (χ2v) is 13.8. The van der Waals surface area contributed by atoms with E-state index in [1.54, 1.807) is 12.7 Å². The normalized spacial score (nSPS) is 16.1. The Labute approximate surface area is 294 Å². The maximum atomic E-state index is 5.93. The monoisotopic (exact) mass is 690 g/mol. The van der Waals surface area contributed by atoms with Crippen molar-refractivity contribution in [2.75, 3.05) is 21.5 Å².